The summed E-state index contributed by atoms with van der Waals surface area (Å²) in [6, 6.07) is 4.76. The van der Waals surface area contributed by atoms with Crippen molar-refractivity contribution < 1.29 is 19.0 Å². The number of benzene rings is 1. The van der Waals surface area contributed by atoms with Crippen molar-refractivity contribution in [2.75, 3.05) is 32.8 Å². The lowest BCUT2D eigenvalue weighted by Crippen LogP contribution is -2.51. The van der Waals surface area contributed by atoms with E-state index in [1.165, 1.54) is 12.1 Å². The number of hydrogen-bond donors (Lipinski definition) is 3. The predicted octanol–water partition coefficient (Wildman–Crippen LogP) is 1.39. The fourth-order valence-electron chi connectivity index (χ4n) is 2.44. The van der Waals surface area contributed by atoms with Crippen LogP contribution in [-0.4, -0.2) is 53.8 Å². The van der Waals surface area contributed by atoms with Gasteiger partial charge in [-0.15, -0.1) is 12.4 Å². The first-order chi connectivity index (χ1) is 9.06. The lowest BCUT2D eigenvalue weighted by atomic mass is 9.97. The SMILES string of the molecule is Cl.OCC(F)(F)[C@H](c1ccccc1O)N1CCNCC1. The van der Waals surface area contributed by atoms with E-state index in [1.54, 1.807) is 17.0 Å². The van der Waals surface area contributed by atoms with Gasteiger partial charge in [-0.1, -0.05) is 18.2 Å². The van der Waals surface area contributed by atoms with Crippen molar-refractivity contribution >= 4 is 12.4 Å². The molecular weight excluding hydrogens is 290 g/mol. The van der Waals surface area contributed by atoms with E-state index in [2.05, 4.69) is 5.32 Å². The molecule has 7 heteroatoms. The summed E-state index contributed by atoms with van der Waals surface area (Å²) in [6.45, 7) is 0.899. The maximum Gasteiger partial charge on any atom is 0.290 e. The Morgan fingerprint density at radius 3 is 2.40 bits per heavy atom. The van der Waals surface area contributed by atoms with Crippen molar-refractivity contribution in [3.8, 4) is 5.75 Å². The first-order valence-corrected chi connectivity index (χ1v) is 6.27. The van der Waals surface area contributed by atoms with E-state index in [0.29, 0.717) is 26.2 Å². The van der Waals surface area contributed by atoms with Crippen LogP contribution >= 0.6 is 12.4 Å². The third-order valence-corrected chi connectivity index (χ3v) is 3.36. The summed E-state index contributed by atoms with van der Waals surface area (Å²) < 4.78 is 28.1. The van der Waals surface area contributed by atoms with Gasteiger partial charge in [0.25, 0.3) is 5.92 Å². The maximum atomic E-state index is 14.0. The zero-order valence-electron chi connectivity index (χ0n) is 10.9. The number of nitrogens with one attached hydrogen (secondary N) is 1. The molecule has 0 amide bonds. The summed E-state index contributed by atoms with van der Waals surface area (Å²) in [5, 5.41) is 21.9. The number of rotatable bonds is 4. The van der Waals surface area contributed by atoms with Crippen molar-refractivity contribution in [2.45, 2.75) is 12.0 Å². The van der Waals surface area contributed by atoms with E-state index in [0.717, 1.165) is 0 Å². The molecule has 0 unspecified atom stereocenters. The number of halogens is 3. The lowest BCUT2D eigenvalue weighted by molar-refractivity contribution is -0.119. The first kappa shape index (κ1) is 17.1. The molecule has 0 spiro atoms. The van der Waals surface area contributed by atoms with Gasteiger partial charge in [0, 0.05) is 31.7 Å². The van der Waals surface area contributed by atoms with Crippen LogP contribution in [0.25, 0.3) is 0 Å². The van der Waals surface area contributed by atoms with Crippen LogP contribution in [0.3, 0.4) is 0 Å². The minimum atomic E-state index is -3.30. The summed E-state index contributed by atoms with van der Waals surface area (Å²) in [4.78, 5) is 1.60. The number of hydrogen-bond acceptors (Lipinski definition) is 4. The van der Waals surface area contributed by atoms with E-state index in [1.807, 2.05) is 0 Å². The second kappa shape index (κ2) is 7.17. The summed E-state index contributed by atoms with van der Waals surface area (Å²) in [6.07, 6.45) is 0. The normalized spacial score (nSPS) is 18.4. The quantitative estimate of drug-likeness (QED) is 0.787. The topological polar surface area (TPSA) is 55.7 Å². The van der Waals surface area contributed by atoms with Gasteiger partial charge >= 0.3 is 0 Å². The molecule has 1 aromatic carbocycles. The largest absolute Gasteiger partial charge is 0.508 e. The second-order valence-electron chi connectivity index (χ2n) is 4.67. The van der Waals surface area contributed by atoms with Gasteiger partial charge in [0.15, 0.2) is 0 Å². The molecule has 20 heavy (non-hydrogen) atoms. The van der Waals surface area contributed by atoms with Crippen LogP contribution in [0.15, 0.2) is 24.3 Å². The molecule has 4 nitrogen and oxygen atoms in total. The monoisotopic (exact) mass is 308 g/mol. The predicted molar refractivity (Wildman–Crippen MR) is 74.6 cm³/mol. The Kier molecular flexibility index (Phi) is 6.13. The fraction of sp³-hybridized carbons (Fsp3) is 0.538. The van der Waals surface area contributed by atoms with Crippen molar-refractivity contribution in [1.29, 1.82) is 0 Å². The number of aliphatic hydroxyl groups is 1. The molecule has 1 atom stereocenters. The molecule has 3 N–H and O–H groups in total. The van der Waals surface area contributed by atoms with Crippen LogP contribution in [0.5, 0.6) is 5.75 Å². The smallest absolute Gasteiger partial charge is 0.290 e. The summed E-state index contributed by atoms with van der Waals surface area (Å²) in [5.41, 5.74) is 0.156. The van der Waals surface area contributed by atoms with E-state index < -0.39 is 18.6 Å². The molecule has 0 bridgehead atoms. The van der Waals surface area contributed by atoms with Crippen LogP contribution in [-0.2, 0) is 0 Å². The van der Waals surface area contributed by atoms with E-state index in [9.17, 15) is 13.9 Å². The molecule has 0 radical (unpaired) electrons. The molecule has 1 aliphatic heterocycles. The Labute approximate surface area is 122 Å². The van der Waals surface area contributed by atoms with Crippen molar-refractivity contribution in [2.24, 2.45) is 0 Å². The van der Waals surface area contributed by atoms with Gasteiger partial charge in [-0.3, -0.25) is 4.90 Å². The standard InChI is InChI=1S/C13H18F2N2O2.ClH/c14-13(15,9-18)12(17-7-5-16-6-8-17)10-3-1-2-4-11(10)19;/h1-4,12,16,18-19H,5-9H2;1H/t12-;/m0./s1. The molecule has 1 aliphatic rings. The molecule has 0 saturated carbocycles. The highest BCUT2D eigenvalue weighted by molar-refractivity contribution is 5.85. The average Bonchev–Trinajstić information content (AvgIpc) is 2.42. The molecule has 0 aliphatic carbocycles. The highest BCUT2D eigenvalue weighted by Gasteiger charge is 2.45. The molecule has 1 fully saturated rings. The van der Waals surface area contributed by atoms with E-state index in [-0.39, 0.29) is 23.7 Å². The Morgan fingerprint density at radius 2 is 1.85 bits per heavy atom. The highest BCUT2D eigenvalue weighted by Crippen LogP contribution is 2.39. The average molecular weight is 309 g/mol. The zero-order valence-corrected chi connectivity index (χ0v) is 11.7. The first-order valence-electron chi connectivity index (χ1n) is 6.27. The van der Waals surface area contributed by atoms with Gasteiger partial charge in [0.1, 0.15) is 18.4 Å². The van der Waals surface area contributed by atoms with Crippen LogP contribution in [0.4, 0.5) is 8.78 Å². The van der Waals surface area contributed by atoms with E-state index in [4.69, 9.17) is 5.11 Å². The van der Waals surface area contributed by atoms with Crippen LogP contribution in [0.2, 0.25) is 0 Å². The third kappa shape index (κ3) is 3.58. The molecule has 114 valence electrons. The number of aromatic hydroxyl groups is 1. The lowest BCUT2D eigenvalue weighted by Gasteiger charge is -2.38. The fourth-order valence-corrected chi connectivity index (χ4v) is 2.44. The number of piperazine rings is 1. The Balaban J connectivity index is 0.00000200. The summed E-state index contributed by atoms with van der Waals surface area (Å²) >= 11 is 0. The number of aliphatic hydroxyl groups excluding tert-OH is 1. The van der Waals surface area contributed by atoms with Crippen LogP contribution in [0, 0.1) is 0 Å². The molecule has 1 aromatic rings. The van der Waals surface area contributed by atoms with Crippen LogP contribution < -0.4 is 5.32 Å². The number of alkyl halides is 2. The van der Waals surface area contributed by atoms with Gasteiger partial charge in [-0.05, 0) is 6.07 Å². The molecule has 1 saturated heterocycles. The number of nitrogens with zero attached hydrogens (tertiary/aromatic N) is 1. The zero-order chi connectivity index (χ0) is 13.9. The summed E-state index contributed by atoms with van der Waals surface area (Å²) in [7, 11) is 0. The number of para-hydroxylation sites is 1. The molecule has 1 heterocycles. The summed E-state index contributed by atoms with van der Waals surface area (Å²) in [5.74, 6) is -3.46. The minimum Gasteiger partial charge on any atom is -0.508 e. The Bertz CT molecular complexity index is 429. The minimum absolute atomic E-state index is 0. The number of phenols is 1. The third-order valence-electron chi connectivity index (χ3n) is 3.36. The Morgan fingerprint density at radius 1 is 1.25 bits per heavy atom. The van der Waals surface area contributed by atoms with Crippen molar-refractivity contribution in [3.05, 3.63) is 29.8 Å². The van der Waals surface area contributed by atoms with Gasteiger partial charge in [0.05, 0.1) is 0 Å². The van der Waals surface area contributed by atoms with Gasteiger partial charge < -0.3 is 15.5 Å². The maximum absolute atomic E-state index is 14.0. The van der Waals surface area contributed by atoms with Gasteiger partial charge in [-0.25, -0.2) is 8.78 Å². The van der Waals surface area contributed by atoms with Gasteiger partial charge in [-0.2, -0.15) is 0 Å². The highest BCUT2D eigenvalue weighted by atomic mass is 35.5. The van der Waals surface area contributed by atoms with Crippen LogP contribution in [0.1, 0.15) is 11.6 Å². The van der Waals surface area contributed by atoms with E-state index >= 15 is 0 Å². The molecular formula is C13H19ClF2N2O2. The van der Waals surface area contributed by atoms with Gasteiger partial charge in [0.2, 0.25) is 0 Å². The van der Waals surface area contributed by atoms with Crippen molar-refractivity contribution in [1.82, 2.24) is 10.2 Å². The number of phenolic OH excluding ortho intramolecular Hbond substituents is 1. The molecule has 2 rings (SSSR count). The van der Waals surface area contributed by atoms with Crippen molar-refractivity contribution in [3.63, 3.8) is 0 Å². The Hall–Kier alpha value is -0.950. The second-order valence-corrected chi connectivity index (χ2v) is 4.67. The molecule has 0 aromatic heterocycles.